The molecule has 0 spiro atoms. The maximum atomic E-state index is 14.8. The maximum Gasteiger partial charge on any atom is 1.00 e. The predicted molar refractivity (Wildman–Crippen MR) is 94.3 cm³/mol. The van der Waals surface area contributed by atoms with Gasteiger partial charge in [-0.2, -0.15) is 0 Å². The molecule has 0 radical (unpaired) electrons. The molecule has 1 aliphatic carbocycles. The van der Waals surface area contributed by atoms with Crippen LogP contribution in [0.2, 0.25) is 5.02 Å². The van der Waals surface area contributed by atoms with Crippen molar-refractivity contribution in [1.82, 2.24) is 4.57 Å². The molecule has 2 fully saturated rings. The number of halogens is 3. The highest BCUT2D eigenvalue weighted by Crippen LogP contribution is 2.42. The Kier molecular flexibility index (Phi) is 4.90. The average molecular weight is 402 g/mol. The highest BCUT2D eigenvalue weighted by atomic mass is 35.5. The van der Waals surface area contributed by atoms with Crippen LogP contribution in [-0.2, 0) is 0 Å². The van der Waals surface area contributed by atoms with Crippen LogP contribution in [0.3, 0.4) is 0 Å². The van der Waals surface area contributed by atoms with Crippen LogP contribution in [0.1, 0.15) is 37.1 Å². The molecule has 1 atom stereocenters. The Hall–Kier alpha value is -1.83. The van der Waals surface area contributed by atoms with Crippen molar-refractivity contribution >= 4 is 34.2 Å². The largest absolute Gasteiger partial charge is 1.00 e. The van der Waals surface area contributed by atoms with Gasteiger partial charge in [-0.05, 0) is 25.3 Å². The van der Waals surface area contributed by atoms with E-state index in [-0.39, 0.29) is 47.6 Å². The van der Waals surface area contributed by atoms with E-state index < -0.39 is 17.2 Å². The van der Waals surface area contributed by atoms with Gasteiger partial charge in [0.2, 0.25) is 5.43 Å². The molecule has 2 aliphatic rings. The summed E-state index contributed by atoms with van der Waals surface area (Å²) in [6.45, 7) is 1.08. The van der Waals surface area contributed by atoms with Crippen LogP contribution in [0.15, 0.2) is 17.1 Å². The van der Waals surface area contributed by atoms with Crippen molar-refractivity contribution in [3.05, 3.63) is 38.9 Å². The van der Waals surface area contributed by atoms with Crippen molar-refractivity contribution in [2.45, 2.75) is 31.3 Å². The molecule has 9 heteroatoms. The van der Waals surface area contributed by atoms with Gasteiger partial charge in [0.05, 0.1) is 21.6 Å². The number of nitrogens with two attached hydrogens (primary N) is 1. The number of pyridine rings is 1. The Morgan fingerprint density at radius 1 is 1.38 bits per heavy atom. The van der Waals surface area contributed by atoms with E-state index >= 15 is 0 Å². The Labute approximate surface area is 161 Å². The van der Waals surface area contributed by atoms with E-state index in [2.05, 4.69) is 0 Å². The monoisotopic (exact) mass is 401 g/mol. The standard InChI is InChI=1S/C17H17ClFN3O3.ClH/c18-13-14-10(5-12(19)15(13)21-4-3-8(20)6-21)16(23)11(17(24)25)7-22(14)9-1-2-9;/h5,7-9H,1-4,6,20H2,(H,24,25);1H. The molecule has 1 saturated carbocycles. The number of benzene rings is 1. The van der Waals surface area contributed by atoms with Crippen molar-refractivity contribution in [2.24, 2.45) is 5.73 Å². The predicted octanol–water partition coefficient (Wildman–Crippen LogP) is -0.519. The third-order valence-corrected chi connectivity index (χ3v) is 5.25. The number of carboxylic acid groups (broad SMARTS) is 1. The number of carbonyl (C=O) groups is 1. The van der Waals surface area contributed by atoms with Crippen LogP contribution in [0.25, 0.3) is 10.9 Å². The summed E-state index contributed by atoms with van der Waals surface area (Å²) in [6, 6.07) is 1.14. The molecule has 0 bridgehead atoms. The van der Waals surface area contributed by atoms with Crippen molar-refractivity contribution in [2.75, 3.05) is 18.0 Å². The van der Waals surface area contributed by atoms with E-state index in [0.29, 0.717) is 18.6 Å². The van der Waals surface area contributed by atoms with Crippen molar-refractivity contribution in [1.29, 1.82) is 0 Å². The van der Waals surface area contributed by atoms with Gasteiger partial charge in [0.15, 0.2) is 0 Å². The second-order valence-electron chi connectivity index (χ2n) is 6.73. The number of anilines is 1. The van der Waals surface area contributed by atoms with E-state index in [1.54, 1.807) is 9.47 Å². The van der Waals surface area contributed by atoms with Crippen LogP contribution >= 0.6 is 11.6 Å². The first kappa shape index (κ1) is 18.9. The lowest BCUT2D eigenvalue weighted by molar-refractivity contribution is -0.0000213. The van der Waals surface area contributed by atoms with E-state index in [0.717, 1.165) is 25.3 Å². The van der Waals surface area contributed by atoms with Gasteiger partial charge in [-0.15, -0.1) is 0 Å². The minimum absolute atomic E-state index is 0. The van der Waals surface area contributed by atoms with E-state index in [4.69, 9.17) is 17.3 Å². The lowest BCUT2D eigenvalue weighted by Gasteiger charge is -2.23. The normalized spacial score (nSPS) is 19.7. The summed E-state index contributed by atoms with van der Waals surface area (Å²) in [6.07, 6.45) is 3.80. The highest BCUT2D eigenvalue weighted by Gasteiger charge is 2.31. The van der Waals surface area contributed by atoms with E-state index in [1.165, 1.54) is 6.20 Å². The average Bonchev–Trinajstić information content (AvgIpc) is 3.30. The number of aromatic carboxylic acids is 1. The topological polar surface area (TPSA) is 88.6 Å². The molecule has 3 N–H and O–H groups in total. The van der Waals surface area contributed by atoms with Gasteiger partial charge in [-0.3, -0.25) is 4.79 Å². The number of carboxylic acids is 1. The van der Waals surface area contributed by atoms with E-state index in [1.807, 2.05) is 0 Å². The minimum atomic E-state index is -1.33. The number of fused-ring (bicyclic) bond motifs is 1. The number of aromatic nitrogens is 1. The molecule has 2 aromatic rings. The molecule has 1 unspecified atom stereocenters. The summed E-state index contributed by atoms with van der Waals surface area (Å²) in [5.41, 5.74) is 5.46. The van der Waals surface area contributed by atoms with Gasteiger partial charge in [-0.1, -0.05) is 11.6 Å². The van der Waals surface area contributed by atoms with Gasteiger partial charge in [0.1, 0.15) is 11.4 Å². The van der Waals surface area contributed by atoms with Crippen molar-refractivity contribution in [3.63, 3.8) is 0 Å². The lowest BCUT2D eigenvalue weighted by Crippen LogP contribution is -3.00. The van der Waals surface area contributed by atoms with E-state index in [9.17, 15) is 19.1 Å². The zero-order chi connectivity index (χ0) is 17.9. The first-order valence-electron chi connectivity index (χ1n) is 8.19. The first-order valence-corrected chi connectivity index (χ1v) is 8.57. The molecular formula is C17H18Cl2FN3O3. The number of nitrogens with zero attached hydrogens (tertiary/aromatic N) is 2. The first-order chi connectivity index (χ1) is 11.9. The number of rotatable bonds is 3. The second kappa shape index (κ2) is 6.72. The summed E-state index contributed by atoms with van der Waals surface area (Å²) in [5.74, 6) is -1.96. The van der Waals surface area contributed by atoms with Crippen LogP contribution in [0.5, 0.6) is 0 Å². The van der Waals surface area contributed by atoms with Crippen LogP contribution < -0.4 is 28.5 Å². The quantitative estimate of drug-likeness (QED) is 0.722. The molecule has 140 valence electrons. The SMILES string of the molecule is NC1CCN(c2c(F)cc3c(=O)c(C(=O)O)cn(C4CC4)c3c2Cl)C1.[Cl-].[H+]. The third-order valence-electron chi connectivity index (χ3n) is 4.90. The summed E-state index contributed by atoms with van der Waals surface area (Å²) < 4.78 is 16.5. The van der Waals surface area contributed by atoms with Gasteiger partial charge in [0, 0.05) is 31.4 Å². The molecule has 1 aromatic heterocycles. The zero-order valence-electron chi connectivity index (χ0n) is 14.7. The fourth-order valence-electron chi connectivity index (χ4n) is 3.50. The molecule has 4 rings (SSSR count). The molecule has 0 amide bonds. The fourth-order valence-corrected chi connectivity index (χ4v) is 3.91. The van der Waals surface area contributed by atoms with Crippen molar-refractivity contribution in [3.8, 4) is 0 Å². The van der Waals surface area contributed by atoms with Gasteiger partial charge >= 0.3 is 7.40 Å². The third kappa shape index (κ3) is 2.94. The summed E-state index contributed by atoms with van der Waals surface area (Å²) in [4.78, 5) is 25.7. The van der Waals surface area contributed by atoms with Crippen LogP contribution in [-0.4, -0.2) is 34.8 Å². The minimum Gasteiger partial charge on any atom is -1.00 e. The molecule has 2 heterocycles. The number of hydrogen-bond donors (Lipinski definition) is 2. The van der Waals surface area contributed by atoms with Crippen molar-refractivity contribution < 1.29 is 28.1 Å². The maximum absolute atomic E-state index is 14.8. The highest BCUT2D eigenvalue weighted by molar-refractivity contribution is 6.38. The zero-order valence-corrected chi connectivity index (χ0v) is 15.2. The fraction of sp³-hybridized carbons (Fsp3) is 0.412. The Morgan fingerprint density at radius 2 is 2.08 bits per heavy atom. The molecule has 1 aliphatic heterocycles. The number of hydrogen-bond acceptors (Lipinski definition) is 4. The smallest absolute Gasteiger partial charge is 1.00 e. The summed E-state index contributed by atoms with van der Waals surface area (Å²) in [7, 11) is 0. The Morgan fingerprint density at radius 3 is 2.62 bits per heavy atom. The lowest BCUT2D eigenvalue weighted by atomic mass is 10.1. The second-order valence-corrected chi connectivity index (χ2v) is 7.11. The van der Waals surface area contributed by atoms with Crippen LogP contribution in [0.4, 0.5) is 10.1 Å². The molecule has 6 nitrogen and oxygen atoms in total. The molecule has 26 heavy (non-hydrogen) atoms. The molecular weight excluding hydrogens is 384 g/mol. The van der Waals surface area contributed by atoms with Crippen LogP contribution in [0, 0.1) is 5.82 Å². The Bertz CT molecular complexity index is 965. The summed E-state index contributed by atoms with van der Waals surface area (Å²) >= 11 is 6.53. The Balaban J connectivity index is 0.00000131. The van der Waals surface area contributed by atoms with Gasteiger partial charge in [-0.25, -0.2) is 9.18 Å². The molecule has 1 aromatic carbocycles. The van der Waals surface area contributed by atoms with Gasteiger partial charge in [0.25, 0.3) is 0 Å². The van der Waals surface area contributed by atoms with Gasteiger partial charge < -0.3 is 32.7 Å². The summed E-state index contributed by atoms with van der Waals surface area (Å²) in [5, 5.41) is 9.43. The molecule has 1 saturated heterocycles.